The third kappa shape index (κ3) is 4.91. The molecule has 1 aromatic rings. The van der Waals surface area contributed by atoms with Crippen molar-refractivity contribution < 1.29 is 47.8 Å². The van der Waals surface area contributed by atoms with Crippen LogP contribution in [0.3, 0.4) is 0 Å². The maximum atomic E-state index is 12.9. The molecule has 0 aromatic carbocycles. The number of carbonyl (C=O) groups excluding carboxylic acids is 2. The number of nitrogens with one attached hydrogen (secondary N) is 2. The van der Waals surface area contributed by atoms with E-state index in [1.165, 1.54) is 13.1 Å². The Balaban J connectivity index is 1.56. The van der Waals surface area contributed by atoms with E-state index in [0.717, 1.165) is 9.47 Å². The van der Waals surface area contributed by atoms with Crippen LogP contribution in [0.5, 0.6) is 0 Å². The number of H-pyrrole nitrogens is 1. The van der Waals surface area contributed by atoms with Gasteiger partial charge in [0.15, 0.2) is 0 Å². The number of carbonyl (C=O) groups is 2. The molecular weight excluding hydrogens is 521 g/mol. The fourth-order valence-corrected chi connectivity index (χ4v) is 6.00. The second-order valence-electron chi connectivity index (χ2n) is 9.81. The van der Waals surface area contributed by atoms with Gasteiger partial charge in [0.25, 0.3) is 13.4 Å². The molecule has 1 aromatic heterocycles. The molecule has 37 heavy (non-hydrogen) atoms. The van der Waals surface area contributed by atoms with Crippen LogP contribution in [0.4, 0.5) is 4.79 Å². The Morgan fingerprint density at radius 3 is 2.73 bits per heavy atom. The minimum absolute atomic E-state index is 0.0412. The first-order valence-electron chi connectivity index (χ1n) is 11.6. The lowest BCUT2D eigenvalue weighted by Gasteiger charge is -2.41. The summed E-state index contributed by atoms with van der Waals surface area (Å²) in [5.41, 5.74) is -2.89. The lowest BCUT2D eigenvalue weighted by atomic mass is 9.81. The largest absolute Gasteiger partial charge is 0.756 e. The van der Waals surface area contributed by atoms with Gasteiger partial charge in [-0.05, 0) is 13.3 Å². The zero-order valence-corrected chi connectivity index (χ0v) is 20.5. The molecule has 0 radical (unpaired) electrons. The van der Waals surface area contributed by atoms with E-state index in [2.05, 4.69) is 10.3 Å². The fourth-order valence-electron chi connectivity index (χ4n) is 5.06. The number of nitrogens with zero attached hydrogens (tertiary/aromatic N) is 2. The van der Waals surface area contributed by atoms with Crippen molar-refractivity contribution in [2.45, 2.75) is 63.1 Å². The highest BCUT2D eigenvalue weighted by molar-refractivity contribution is 7.45. The molecule has 204 valence electrons. The van der Waals surface area contributed by atoms with Crippen LogP contribution < -0.4 is 21.5 Å². The number of aliphatic hydroxyl groups excluding tert-OH is 2. The molecule has 4 N–H and O–H groups in total. The molecule has 0 aliphatic carbocycles. The summed E-state index contributed by atoms with van der Waals surface area (Å²) in [6, 6.07) is -0.803. The molecule has 8 atom stereocenters. The van der Waals surface area contributed by atoms with E-state index in [1.54, 1.807) is 0 Å². The molecule has 4 aliphatic rings. The molecule has 1 unspecified atom stereocenters. The molecule has 17 heteroatoms. The Labute approximate surface area is 208 Å². The second kappa shape index (κ2) is 9.39. The average Bonchev–Trinajstić information content (AvgIpc) is 3.39. The summed E-state index contributed by atoms with van der Waals surface area (Å²) < 4.78 is 34.9. The molecule has 3 amide bonds. The first-order valence-corrected chi connectivity index (χ1v) is 13.1. The summed E-state index contributed by atoms with van der Waals surface area (Å²) in [4.78, 5) is 66.6. The number of hydrogen-bond acceptors (Lipinski definition) is 12. The highest BCUT2D eigenvalue weighted by Gasteiger charge is 2.49. The van der Waals surface area contributed by atoms with E-state index >= 15 is 0 Å². The van der Waals surface area contributed by atoms with Gasteiger partial charge in [0.1, 0.15) is 24.7 Å². The van der Waals surface area contributed by atoms with E-state index < -0.39 is 86.5 Å². The number of hydrogen-bond donors (Lipinski definition) is 4. The number of urea groups is 1. The molecule has 0 spiro atoms. The van der Waals surface area contributed by atoms with Crippen molar-refractivity contribution in [2.24, 2.45) is 5.41 Å². The molecule has 5 rings (SSSR count). The highest BCUT2D eigenvalue weighted by Crippen LogP contribution is 2.45. The Kier molecular flexibility index (Phi) is 6.65. The number of aromatic nitrogens is 2. The highest BCUT2D eigenvalue weighted by atomic mass is 31.2. The monoisotopic (exact) mass is 547 g/mol. The third-order valence-electron chi connectivity index (χ3n) is 7.05. The predicted molar refractivity (Wildman–Crippen MR) is 117 cm³/mol. The quantitative estimate of drug-likeness (QED) is 0.208. The topological polar surface area (TPSA) is 222 Å². The zero-order valence-electron chi connectivity index (χ0n) is 19.6. The van der Waals surface area contributed by atoms with E-state index in [0.29, 0.717) is 0 Å². The molecule has 4 aliphatic heterocycles. The van der Waals surface area contributed by atoms with Crippen molar-refractivity contribution in [3.63, 3.8) is 0 Å². The molecule has 16 nitrogen and oxygen atoms in total. The van der Waals surface area contributed by atoms with Crippen LogP contribution in [-0.4, -0.2) is 87.0 Å². The molecule has 3 saturated heterocycles. The van der Waals surface area contributed by atoms with Gasteiger partial charge in [0.2, 0.25) is 5.91 Å². The number of aromatic amines is 1. The Morgan fingerprint density at radius 1 is 1.24 bits per heavy atom. The van der Waals surface area contributed by atoms with Crippen LogP contribution in [-0.2, 0) is 34.3 Å². The number of ether oxygens (including phenoxy) is 2. The van der Waals surface area contributed by atoms with Crippen molar-refractivity contribution in [3.05, 3.63) is 32.6 Å². The van der Waals surface area contributed by atoms with Gasteiger partial charge in [0, 0.05) is 31.1 Å². The van der Waals surface area contributed by atoms with Crippen molar-refractivity contribution in [1.82, 2.24) is 19.8 Å². The molecule has 8 bridgehead atoms. The standard InChI is InChI=1S/C20H27N4O12P/c1-20-4-9-5-23(18(29)21-16(9)27)14-2-10(26)13(35-14)7-33-37(31,32)36-11-3-15(34-12(11)6-25)24(8-20)19(30)22-17(20)28/h5,10-15,25-26H,2-4,6-8H2,1H3,(H,31,32)(H,21,27,29)(H,22,28,30)/p-1/t10-,11-,12-,13-,14-,15-,20-/m1/s1/i28+2. The summed E-state index contributed by atoms with van der Waals surface area (Å²) >= 11 is 0. The molecule has 0 saturated carbocycles. The third-order valence-corrected chi connectivity index (χ3v) is 8.05. The summed E-state index contributed by atoms with van der Waals surface area (Å²) in [6.45, 7) is 0.0298. The van der Waals surface area contributed by atoms with Crippen molar-refractivity contribution in [2.75, 3.05) is 19.8 Å². The van der Waals surface area contributed by atoms with E-state index in [-0.39, 0.29) is 31.4 Å². The SMILES string of the molecule is C[C@@]12Cc3cn(c(=O)[nH]c3=O)[C@H]3C[C@@H](O)[C@@H](COP(=O)([O-])O[C@@H]4C[C@@H](O[C@@H]4CO)N(C1)C(=O)NC2=[18O])O3. The van der Waals surface area contributed by atoms with Crippen molar-refractivity contribution in [1.29, 1.82) is 0 Å². The first-order chi connectivity index (χ1) is 17.4. The Hall–Kier alpha value is -2.43. The van der Waals surface area contributed by atoms with Gasteiger partial charge >= 0.3 is 11.7 Å². The summed E-state index contributed by atoms with van der Waals surface area (Å²) in [7, 11) is -5.01. The van der Waals surface area contributed by atoms with Crippen LogP contribution in [0.25, 0.3) is 0 Å². The first kappa shape index (κ1) is 26.2. The van der Waals surface area contributed by atoms with E-state index in [9.17, 15) is 38.8 Å². The fraction of sp³-hybridized carbons (Fsp3) is 0.700. The van der Waals surface area contributed by atoms with Crippen LogP contribution in [0.15, 0.2) is 15.8 Å². The molecular formula is C20H26N4O12P-. The smallest absolute Gasteiger partial charge is 0.330 e. The Bertz CT molecular complexity index is 1270. The summed E-state index contributed by atoms with van der Waals surface area (Å²) in [5, 5.41) is 22.3. The zero-order chi connectivity index (χ0) is 26.7. The van der Waals surface area contributed by atoms with Gasteiger partial charge in [-0.15, -0.1) is 0 Å². The number of amides is 3. The van der Waals surface area contributed by atoms with Crippen LogP contribution in [0, 0.1) is 5.41 Å². The lowest BCUT2D eigenvalue weighted by Crippen LogP contribution is -2.62. The van der Waals surface area contributed by atoms with E-state index in [1.807, 2.05) is 0 Å². The maximum absolute atomic E-state index is 12.9. The van der Waals surface area contributed by atoms with Crippen LogP contribution in [0.2, 0.25) is 0 Å². The average molecular weight is 547 g/mol. The number of phosphoric acid groups is 1. The van der Waals surface area contributed by atoms with Gasteiger partial charge in [-0.3, -0.25) is 33.9 Å². The van der Waals surface area contributed by atoms with Gasteiger partial charge in [-0.2, -0.15) is 0 Å². The number of phosphoric ester groups is 1. The van der Waals surface area contributed by atoms with Gasteiger partial charge < -0.3 is 33.6 Å². The Morgan fingerprint density at radius 2 is 2.00 bits per heavy atom. The number of aliphatic hydroxyl groups is 2. The molecule has 5 heterocycles. The van der Waals surface area contributed by atoms with Crippen LogP contribution in [0.1, 0.15) is 31.6 Å². The van der Waals surface area contributed by atoms with Crippen molar-refractivity contribution >= 4 is 19.8 Å². The summed E-state index contributed by atoms with van der Waals surface area (Å²) in [6.07, 6.45) is -6.11. The lowest BCUT2D eigenvalue weighted by molar-refractivity contribution is -0.234. The minimum Gasteiger partial charge on any atom is -0.756 e. The van der Waals surface area contributed by atoms with Crippen LogP contribution >= 0.6 is 7.82 Å². The van der Waals surface area contributed by atoms with E-state index in [4.69, 9.17) is 18.5 Å². The second-order valence-corrected chi connectivity index (χ2v) is 11.2. The maximum Gasteiger partial charge on any atom is 0.330 e. The minimum atomic E-state index is -5.01. The predicted octanol–water partition coefficient (Wildman–Crippen LogP) is -2.72. The normalized spacial score (nSPS) is 40.4. The number of imide groups is 1. The molecule has 3 fully saturated rings. The van der Waals surface area contributed by atoms with Gasteiger partial charge in [-0.1, -0.05) is 0 Å². The summed E-state index contributed by atoms with van der Waals surface area (Å²) in [5.74, 6) is -0.668. The number of fused-ring (bicyclic) bond motifs is 10. The van der Waals surface area contributed by atoms with Gasteiger partial charge in [-0.25, -0.2) is 9.59 Å². The number of rotatable bonds is 1. The van der Waals surface area contributed by atoms with Gasteiger partial charge in [0.05, 0.1) is 30.8 Å². The van der Waals surface area contributed by atoms with Crippen molar-refractivity contribution in [3.8, 4) is 0 Å².